The van der Waals surface area contributed by atoms with Crippen LogP contribution in [-0.4, -0.2) is 27.8 Å². The Morgan fingerprint density at radius 1 is 1.21 bits per heavy atom. The van der Waals surface area contributed by atoms with Crippen molar-refractivity contribution in [3.8, 4) is 27.4 Å². The molecule has 8 nitrogen and oxygen atoms in total. The molecule has 0 saturated carbocycles. The number of methoxy groups -OCH3 is 1. The predicted octanol–water partition coefficient (Wildman–Crippen LogP) is 3.36. The number of carbonyl (C=O) groups is 1. The maximum atomic E-state index is 13.5. The number of hydrogen-bond donors (Lipinski definition) is 2. The van der Waals surface area contributed by atoms with E-state index in [0.717, 1.165) is 16.2 Å². The quantitative estimate of drug-likeness (QED) is 0.438. The second-order valence-electron chi connectivity index (χ2n) is 7.42. The predicted molar refractivity (Wildman–Crippen MR) is 125 cm³/mol. The van der Waals surface area contributed by atoms with Crippen LogP contribution >= 0.6 is 11.3 Å². The van der Waals surface area contributed by atoms with Crippen LogP contribution in [0.3, 0.4) is 0 Å². The lowest BCUT2D eigenvalue weighted by molar-refractivity contribution is -0.120. The van der Waals surface area contributed by atoms with Crippen LogP contribution < -0.4 is 16.0 Å². The SMILES string of the molecule is COc1ccc(-c2cnc(-n3[nH]c(C)c(C(c4ccccc4)C(C#N)C(N)=O)c3=O)s2)cc1. The van der Waals surface area contributed by atoms with Crippen molar-refractivity contribution in [3.63, 3.8) is 0 Å². The second kappa shape index (κ2) is 9.14. The van der Waals surface area contributed by atoms with Gasteiger partial charge in [0.05, 0.1) is 18.1 Å². The van der Waals surface area contributed by atoms with Gasteiger partial charge in [-0.3, -0.25) is 14.7 Å². The van der Waals surface area contributed by atoms with Crippen LogP contribution in [0.15, 0.2) is 65.6 Å². The maximum Gasteiger partial charge on any atom is 0.277 e. The molecule has 33 heavy (non-hydrogen) atoms. The number of nitrogens with two attached hydrogens (primary N) is 1. The lowest BCUT2D eigenvalue weighted by atomic mass is 9.81. The number of aromatic nitrogens is 3. The molecular weight excluding hydrogens is 438 g/mol. The summed E-state index contributed by atoms with van der Waals surface area (Å²) in [6.07, 6.45) is 1.69. The standard InChI is InChI=1S/C24H21N5O3S/c1-14-20(21(18(12-25)22(26)30)16-6-4-3-5-7-16)23(31)29(28-14)24-27-13-19(33-24)15-8-10-17(32-2)11-9-15/h3-11,13,18,21,28H,1-2H3,(H2,26,30). The molecule has 0 bridgehead atoms. The number of ether oxygens (including phenoxy) is 1. The van der Waals surface area contributed by atoms with Crippen molar-refractivity contribution < 1.29 is 9.53 Å². The molecule has 4 aromatic rings. The summed E-state index contributed by atoms with van der Waals surface area (Å²) in [6.45, 7) is 1.73. The number of carbonyl (C=O) groups excluding carboxylic acids is 1. The van der Waals surface area contributed by atoms with E-state index in [2.05, 4.69) is 10.1 Å². The van der Waals surface area contributed by atoms with E-state index in [1.165, 1.54) is 16.0 Å². The van der Waals surface area contributed by atoms with Crippen molar-refractivity contribution in [2.75, 3.05) is 7.11 Å². The Labute approximate surface area is 193 Å². The molecule has 0 aliphatic carbocycles. The first-order chi connectivity index (χ1) is 15.9. The molecule has 2 atom stereocenters. The molecule has 3 N–H and O–H groups in total. The third-order valence-corrected chi connectivity index (χ3v) is 6.46. The monoisotopic (exact) mass is 459 g/mol. The maximum absolute atomic E-state index is 13.5. The number of nitrogens with zero attached hydrogens (tertiary/aromatic N) is 3. The smallest absolute Gasteiger partial charge is 0.277 e. The lowest BCUT2D eigenvalue weighted by Crippen LogP contribution is -2.31. The van der Waals surface area contributed by atoms with E-state index in [1.54, 1.807) is 44.5 Å². The number of amides is 1. The van der Waals surface area contributed by atoms with E-state index in [-0.39, 0.29) is 5.56 Å². The van der Waals surface area contributed by atoms with Gasteiger partial charge in [0.2, 0.25) is 11.0 Å². The number of rotatable bonds is 7. The Bertz CT molecular complexity index is 1380. The van der Waals surface area contributed by atoms with Gasteiger partial charge in [0.15, 0.2) is 0 Å². The molecule has 9 heteroatoms. The van der Waals surface area contributed by atoms with Crippen molar-refractivity contribution in [1.82, 2.24) is 14.8 Å². The van der Waals surface area contributed by atoms with Crippen LogP contribution in [0.4, 0.5) is 0 Å². The summed E-state index contributed by atoms with van der Waals surface area (Å²) >= 11 is 1.34. The molecule has 0 aliphatic rings. The van der Waals surface area contributed by atoms with Gasteiger partial charge in [-0.1, -0.05) is 41.7 Å². The molecule has 2 aromatic carbocycles. The fourth-order valence-electron chi connectivity index (χ4n) is 3.81. The second-order valence-corrected chi connectivity index (χ2v) is 8.43. The fraction of sp³-hybridized carbons (Fsp3) is 0.167. The Morgan fingerprint density at radius 3 is 2.52 bits per heavy atom. The number of primary amides is 1. The summed E-state index contributed by atoms with van der Waals surface area (Å²) < 4.78 is 6.54. The summed E-state index contributed by atoms with van der Waals surface area (Å²) in [5, 5.41) is 13.2. The number of aryl methyl sites for hydroxylation is 1. The van der Waals surface area contributed by atoms with E-state index < -0.39 is 17.7 Å². The van der Waals surface area contributed by atoms with Crippen molar-refractivity contribution in [2.45, 2.75) is 12.8 Å². The molecular formula is C24H21N5O3S. The number of H-pyrrole nitrogens is 1. The van der Waals surface area contributed by atoms with Crippen LogP contribution in [0.5, 0.6) is 5.75 Å². The first-order valence-electron chi connectivity index (χ1n) is 10.1. The molecule has 2 aromatic heterocycles. The highest BCUT2D eigenvalue weighted by Gasteiger charge is 2.34. The van der Waals surface area contributed by atoms with Gasteiger partial charge >= 0.3 is 0 Å². The van der Waals surface area contributed by atoms with E-state index in [4.69, 9.17) is 10.5 Å². The number of nitrogens with one attached hydrogen (secondary N) is 1. The van der Waals surface area contributed by atoms with Gasteiger partial charge in [0, 0.05) is 23.4 Å². The van der Waals surface area contributed by atoms with E-state index in [0.29, 0.717) is 22.0 Å². The molecule has 1 amide bonds. The zero-order valence-electron chi connectivity index (χ0n) is 18.0. The molecule has 0 radical (unpaired) electrons. The molecule has 0 fully saturated rings. The zero-order chi connectivity index (χ0) is 23.5. The van der Waals surface area contributed by atoms with Gasteiger partial charge in [0.25, 0.3) is 5.56 Å². The lowest BCUT2D eigenvalue weighted by Gasteiger charge is -2.19. The highest BCUT2D eigenvalue weighted by molar-refractivity contribution is 7.17. The van der Waals surface area contributed by atoms with Crippen molar-refractivity contribution in [3.05, 3.63) is 88.0 Å². The Kier molecular flexibility index (Phi) is 6.11. The largest absolute Gasteiger partial charge is 0.497 e. The number of nitriles is 1. The van der Waals surface area contributed by atoms with Gasteiger partial charge in [-0.15, -0.1) is 0 Å². The number of hydrogen-bond acceptors (Lipinski definition) is 6. The summed E-state index contributed by atoms with van der Waals surface area (Å²) in [4.78, 5) is 30.9. The highest BCUT2D eigenvalue weighted by Crippen LogP contribution is 2.33. The third-order valence-electron chi connectivity index (χ3n) is 5.42. The third kappa shape index (κ3) is 4.16. The molecule has 0 spiro atoms. The van der Waals surface area contributed by atoms with Gasteiger partial charge < -0.3 is 10.5 Å². The normalized spacial score (nSPS) is 12.6. The average molecular weight is 460 g/mol. The fourth-order valence-corrected chi connectivity index (χ4v) is 4.69. The minimum atomic E-state index is -1.20. The number of thiazole rings is 1. The Hall–Kier alpha value is -4.16. The Morgan fingerprint density at radius 2 is 1.91 bits per heavy atom. The van der Waals surface area contributed by atoms with Crippen LogP contribution in [0.25, 0.3) is 15.6 Å². The number of benzene rings is 2. The first-order valence-corrected chi connectivity index (χ1v) is 10.9. The molecule has 2 unspecified atom stereocenters. The van der Waals surface area contributed by atoms with Crippen molar-refractivity contribution in [1.29, 1.82) is 5.26 Å². The summed E-state index contributed by atoms with van der Waals surface area (Å²) in [5.41, 5.74) is 7.61. The van der Waals surface area contributed by atoms with E-state index in [1.807, 2.05) is 36.4 Å². The molecule has 0 aliphatic heterocycles. The zero-order valence-corrected chi connectivity index (χ0v) is 18.8. The van der Waals surface area contributed by atoms with Crippen molar-refractivity contribution >= 4 is 17.2 Å². The van der Waals surface area contributed by atoms with Gasteiger partial charge in [0.1, 0.15) is 11.7 Å². The van der Waals surface area contributed by atoms with Gasteiger partial charge in [-0.05, 0) is 42.3 Å². The van der Waals surface area contributed by atoms with Crippen LogP contribution in [0.2, 0.25) is 0 Å². The van der Waals surface area contributed by atoms with Crippen molar-refractivity contribution in [2.24, 2.45) is 11.7 Å². The van der Waals surface area contributed by atoms with E-state index in [9.17, 15) is 14.9 Å². The van der Waals surface area contributed by atoms with Gasteiger partial charge in [-0.25, -0.2) is 4.98 Å². The Balaban J connectivity index is 1.79. The number of aromatic amines is 1. The topological polar surface area (TPSA) is 127 Å². The highest BCUT2D eigenvalue weighted by atomic mass is 32.1. The minimum absolute atomic E-state index is 0.313. The average Bonchev–Trinajstić information content (AvgIpc) is 3.42. The first kappa shape index (κ1) is 22.0. The summed E-state index contributed by atoms with van der Waals surface area (Å²) in [5.74, 6) is -2.04. The molecule has 0 saturated heterocycles. The van der Waals surface area contributed by atoms with E-state index >= 15 is 0 Å². The molecule has 4 rings (SSSR count). The van der Waals surface area contributed by atoms with Crippen LogP contribution in [0, 0.1) is 24.2 Å². The molecule has 2 heterocycles. The van der Waals surface area contributed by atoms with Gasteiger partial charge in [-0.2, -0.15) is 9.94 Å². The summed E-state index contributed by atoms with van der Waals surface area (Å²) in [7, 11) is 1.61. The van der Waals surface area contributed by atoms with Crippen LogP contribution in [-0.2, 0) is 4.79 Å². The molecule has 166 valence electrons. The van der Waals surface area contributed by atoms with Crippen LogP contribution in [0.1, 0.15) is 22.7 Å². The minimum Gasteiger partial charge on any atom is -0.497 e. The summed E-state index contributed by atoms with van der Waals surface area (Å²) in [6, 6.07) is 18.5.